The van der Waals surface area contributed by atoms with Gasteiger partial charge in [0.2, 0.25) is 5.91 Å². The van der Waals surface area contributed by atoms with Crippen molar-refractivity contribution in [1.29, 1.82) is 0 Å². The highest BCUT2D eigenvalue weighted by Gasteiger charge is 2.21. The van der Waals surface area contributed by atoms with E-state index in [1.54, 1.807) is 0 Å². The van der Waals surface area contributed by atoms with Crippen molar-refractivity contribution in [2.45, 2.75) is 33.2 Å². The molecule has 1 amide bonds. The van der Waals surface area contributed by atoms with Crippen LogP contribution in [0.4, 0.5) is 0 Å². The first-order valence-corrected chi connectivity index (χ1v) is 6.34. The van der Waals surface area contributed by atoms with Gasteiger partial charge in [0.25, 0.3) is 0 Å². The minimum atomic E-state index is -0.393. The third kappa shape index (κ3) is 4.84. The van der Waals surface area contributed by atoms with E-state index in [1.165, 1.54) is 0 Å². The van der Waals surface area contributed by atoms with Gasteiger partial charge in [-0.15, -0.1) is 0 Å². The van der Waals surface area contributed by atoms with Gasteiger partial charge in [0.05, 0.1) is 0 Å². The molecule has 1 aromatic rings. The molecule has 3 nitrogen and oxygen atoms in total. The van der Waals surface area contributed by atoms with Crippen LogP contribution >= 0.6 is 12.2 Å². The molecule has 0 saturated heterocycles. The van der Waals surface area contributed by atoms with E-state index in [2.05, 4.69) is 5.32 Å². The zero-order valence-electron chi connectivity index (χ0n) is 11.1. The molecule has 4 heteroatoms. The van der Waals surface area contributed by atoms with Crippen LogP contribution in [0, 0.1) is 5.41 Å². The van der Waals surface area contributed by atoms with E-state index in [0.717, 1.165) is 5.56 Å². The summed E-state index contributed by atoms with van der Waals surface area (Å²) in [5.74, 6) is -0.0378. The number of hydrogen-bond donors (Lipinski definition) is 2. The molecular formula is C14H20N2OS. The number of hydrogen-bond acceptors (Lipinski definition) is 2. The summed E-state index contributed by atoms with van der Waals surface area (Å²) in [5, 5.41) is 2.88. The Morgan fingerprint density at radius 3 is 2.33 bits per heavy atom. The number of carbonyl (C=O) groups excluding carboxylic acids is 1. The third-order valence-corrected chi connectivity index (χ3v) is 2.65. The number of amides is 1. The van der Waals surface area contributed by atoms with E-state index in [9.17, 15) is 4.79 Å². The Morgan fingerprint density at radius 2 is 1.89 bits per heavy atom. The van der Waals surface area contributed by atoms with E-state index < -0.39 is 6.04 Å². The van der Waals surface area contributed by atoms with Gasteiger partial charge in [0.1, 0.15) is 11.0 Å². The Labute approximate surface area is 114 Å². The van der Waals surface area contributed by atoms with E-state index in [-0.39, 0.29) is 16.3 Å². The lowest BCUT2D eigenvalue weighted by atomic mass is 9.91. The normalized spacial score (nSPS) is 12.8. The summed E-state index contributed by atoms with van der Waals surface area (Å²) in [6.07, 6.45) is 0.443. The van der Waals surface area contributed by atoms with Crippen molar-refractivity contribution in [3.63, 3.8) is 0 Å². The second-order valence-electron chi connectivity index (χ2n) is 5.55. The van der Waals surface area contributed by atoms with Gasteiger partial charge >= 0.3 is 0 Å². The highest BCUT2D eigenvalue weighted by Crippen LogP contribution is 2.20. The molecule has 0 aliphatic heterocycles. The van der Waals surface area contributed by atoms with Crippen LogP contribution in [0.5, 0.6) is 0 Å². The third-order valence-electron chi connectivity index (χ3n) is 2.41. The van der Waals surface area contributed by atoms with Crippen molar-refractivity contribution in [1.82, 2.24) is 5.32 Å². The minimum absolute atomic E-state index is 0.0378. The number of thiocarbonyl (C=S) groups is 1. The topological polar surface area (TPSA) is 55.1 Å². The molecule has 0 spiro atoms. The van der Waals surface area contributed by atoms with Crippen LogP contribution in [0.25, 0.3) is 0 Å². The minimum Gasteiger partial charge on any atom is -0.391 e. The first-order valence-electron chi connectivity index (χ1n) is 5.93. The molecule has 0 aliphatic carbocycles. The largest absolute Gasteiger partial charge is 0.391 e. The monoisotopic (exact) mass is 264 g/mol. The summed E-state index contributed by atoms with van der Waals surface area (Å²) in [5.41, 5.74) is 6.55. The van der Waals surface area contributed by atoms with Crippen LogP contribution in [0.1, 0.15) is 38.8 Å². The predicted octanol–water partition coefficient (Wildman–Crippen LogP) is 2.57. The average Bonchev–Trinajstić information content (AvgIpc) is 2.24. The van der Waals surface area contributed by atoms with Crippen LogP contribution in [0.3, 0.4) is 0 Å². The highest BCUT2D eigenvalue weighted by atomic mass is 32.1. The molecule has 1 rings (SSSR count). The first kappa shape index (κ1) is 14.6. The van der Waals surface area contributed by atoms with Crippen LogP contribution in [-0.2, 0) is 4.79 Å². The Kier molecular flexibility index (Phi) is 4.84. The average molecular weight is 264 g/mol. The van der Waals surface area contributed by atoms with Gasteiger partial charge in [-0.2, -0.15) is 0 Å². The van der Waals surface area contributed by atoms with E-state index in [1.807, 2.05) is 51.1 Å². The Balaban J connectivity index is 2.77. The van der Waals surface area contributed by atoms with Crippen molar-refractivity contribution < 1.29 is 4.79 Å². The van der Waals surface area contributed by atoms with Gasteiger partial charge in [0.15, 0.2) is 0 Å². The van der Waals surface area contributed by atoms with Crippen molar-refractivity contribution in [3.8, 4) is 0 Å². The fraction of sp³-hybridized carbons (Fsp3) is 0.429. The van der Waals surface area contributed by atoms with Crippen molar-refractivity contribution in [2.75, 3.05) is 0 Å². The summed E-state index contributed by atoms with van der Waals surface area (Å²) in [6.45, 7) is 6.06. The maximum Gasteiger partial charge on any atom is 0.221 e. The van der Waals surface area contributed by atoms with Crippen molar-refractivity contribution in [2.24, 2.45) is 11.1 Å². The smallest absolute Gasteiger partial charge is 0.221 e. The first-order chi connectivity index (χ1) is 8.29. The zero-order chi connectivity index (χ0) is 13.8. The maximum atomic E-state index is 11.9. The van der Waals surface area contributed by atoms with Gasteiger partial charge in [-0.25, -0.2) is 0 Å². The summed E-state index contributed by atoms with van der Waals surface area (Å²) >= 11 is 5.02. The fourth-order valence-electron chi connectivity index (χ4n) is 1.66. The molecule has 1 unspecified atom stereocenters. The van der Waals surface area contributed by atoms with Crippen LogP contribution in [0.2, 0.25) is 0 Å². The Bertz CT molecular complexity index is 423. The number of carbonyl (C=O) groups is 1. The fourth-order valence-corrected chi connectivity index (χ4v) is 1.85. The molecule has 1 atom stereocenters. The second-order valence-corrected chi connectivity index (χ2v) is 6.02. The standard InChI is InChI=1S/C14H20N2OS/c1-14(2,3)9-11(17)16-12(13(15)18)10-7-5-4-6-8-10/h4-8,12H,9H2,1-3H3,(H2,15,18)(H,16,17). The number of benzene rings is 1. The van der Waals surface area contributed by atoms with E-state index >= 15 is 0 Å². The highest BCUT2D eigenvalue weighted by molar-refractivity contribution is 7.80. The molecule has 0 radical (unpaired) electrons. The molecule has 0 aliphatic rings. The lowest BCUT2D eigenvalue weighted by Gasteiger charge is -2.22. The molecule has 0 heterocycles. The summed E-state index contributed by atoms with van der Waals surface area (Å²) in [6, 6.07) is 9.13. The molecule has 1 aromatic carbocycles. The summed E-state index contributed by atoms with van der Waals surface area (Å²) in [4.78, 5) is 12.2. The molecule has 0 fully saturated rings. The lowest BCUT2D eigenvalue weighted by molar-refractivity contribution is -0.123. The Hall–Kier alpha value is -1.42. The quantitative estimate of drug-likeness (QED) is 0.822. The zero-order valence-corrected chi connectivity index (χ0v) is 11.9. The predicted molar refractivity (Wildman–Crippen MR) is 78.2 cm³/mol. The molecule has 0 aromatic heterocycles. The Morgan fingerprint density at radius 1 is 1.33 bits per heavy atom. The van der Waals surface area contributed by atoms with Gasteiger partial charge in [0, 0.05) is 6.42 Å². The van der Waals surface area contributed by atoms with Gasteiger partial charge in [-0.05, 0) is 11.0 Å². The van der Waals surface area contributed by atoms with Crippen molar-refractivity contribution in [3.05, 3.63) is 35.9 Å². The van der Waals surface area contributed by atoms with Gasteiger partial charge in [-0.3, -0.25) is 4.79 Å². The van der Waals surface area contributed by atoms with Crippen LogP contribution < -0.4 is 11.1 Å². The second kappa shape index (κ2) is 5.96. The lowest BCUT2D eigenvalue weighted by Crippen LogP contribution is -2.37. The molecule has 0 saturated carbocycles. The van der Waals surface area contributed by atoms with Gasteiger partial charge in [-0.1, -0.05) is 63.3 Å². The van der Waals surface area contributed by atoms with E-state index in [4.69, 9.17) is 18.0 Å². The molecule has 18 heavy (non-hydrogen) atoms. The summed E-state index contributed by atoms with van der Waals surface area (Å²) in [7, 11) is 0. The molecule has 98 valence electrons. The summed E-state index contributed by atoms with van der Waals surface area (Å²) < 4.78 is 0. The van der Waals surface area contributed by atoms with Crippen LogP contribution in [0.15, 0.2) is 30.3 Å². The van der Waals surface area contributed by atoms with Crippen LogP contribution in [-0.4, -0.2) is 10.9 Å². The van der Waals surface area contributed by atoms with Crippen molar-refractivity contribution >= 4 is 23.1 Å². The molecular weight excluding hydrogens is 244 g/mol. The van der Waals surface area contributed by atoms with Gasteiger partial charge < -0.3 is 11.1 Å². The SMILES string of the molecule is CC(C)(C)CC(=O)NC(C(N)=S)c1ccccc1. The number of nitrogens with two attached hydrogens (primary N) is 1. The van der Waals surface area contributed by atoms with E-state index in [0.29, 0.717) is 6.42 Å². The maximum absolute atomic E-state index is 11.9. The molecule has 3 N–H and O–H groups in total. The number of nitrogens with one attached hydrogen (secondary N) is 1. The number of rotatable bonds is 4. The molecule has 0 bridgehead atoms.